The first-order valence-corrected chi connectivity index (χ1v) is 15.7. The van der Waals surface area contributed by atoms with Gasteiger partial charge in [0.05, 0.1) is 12.3 Å². The number of hydrogen-bond donors (Lipinski definition) is 3. The summed E-state index contributed by atoms with van der Waals surface area (Å²) in [5.74, 6) is 3.00. The molecule has 5 rings (SSSR count). The van der Waals surface area contributed by atoms with Gasteiger partial charge < -0.3 is 15.5 Å². The van der Waals surface area contributed by atoms with E-state index in [-0.39, 0.29) is 0 Å². The molecule has 5 aliphatic rings. The molecule has 0 radical (unpaired) electrons. The molecular formula is C30H55N5O2. The molecule has 4 aliphatic heterocycles. The van der Waals surface area contributed by atoms with Gasteiger partial charge >= 0.3 is 0 Å². The molecule has 0 spiro atoms. The number of amides is 1. The third kappa shape index (κ3) is 7.27. The number of nitrogens with one attached hydrogen (secondary N) is 3. The van der Waals surface area contributed by atoms with E-state index in [4.69, 9.17) is 4.84 Å². The van der Waals surface area contributed by atoms with Crippen molar-refractivity contribution in [3.05, 3.63) is 0 Å². The Bertz CT molecular complexity index is 720. The minimum absolute atomic E-state index is 0.373. The van der Waals surface area contributed by atoms with E-state index in [2.05, 4.69) is 46.7 Å². The molecule has 0 bridgehead atoms. The molecule has 1 aliphatic carbocycles. The summed E-state index contributed by atoms with van der Waals surface area (Å²) in [7, 11) is 0. The van der Waals surface area contributed by atoms with Crippen molar-refractivity contribution in [1.29, 1.82) is 0 Å². The van der Waals surface area contributed by atoms with E-state index in [1.807, 2.05) is 0 Å². The van der Waals surface area contributed by atoms with Gasteiger partial charge in [-0.05, 0) is 113 Å². The first kappa shape index (κ1) is 27.8. The summed E-state index contributed by atoms with van der Waals surface area (Å²) >= 11 is 0. The Kier molecular flexibility index (Phi) is 9.50. The maximum atomic E-state index is 13.3. The zero-order valence-corrected chi connectivity index (χ0v) is 24.0. The van der Waals surface area contributed by atoms with Crippen molar-refractivity contribution >= 4 is 5.91 Å². The lowest BCUT2D eigenvalue weighted by molar-refractivity contribution is -0.135. The third-order valence-electron chi connectivity index (χ3n) is 10.6. The van der Waals surface area contributed by atoms with Gasteiger partial charge in [-0.3, -0.25) is 14.5 Å². The molecule has 0 aromatic carbocycles. The minimum atomic E-state index is 0.373. The van der Waals surface area contributed by atoms with Crippen LogP contribution in [0.3, 0.4) is 0 Å². The Labute approximate surface area is 226 Å². The predicted octanol–water partition coefficient (Wildman–Crippen LogP) is 3.75. The highest BCUT2D eigenvalue weighted by Gasteiger charge is 2.39. The summed E-state index contributed by atoms with van der Waals surface area (Å²) in [6.45, 7) is 14.2. The van der Waals surface area contributed by atoms with Gasteiger partial charge in [-0.15, -0.1) is 0 Å². The topological polar surface area (TPSA) is 68.9 Å². The fourth-order valence-corrected chi connectivity index (χ4v) is 8.02. The minimum Gasteiger partial charge on any atom is -0.340 e. The normalized spacial score (nSPS) is 38.6. The van der Waals surface area contributed by atoms with Crippen molar-refractivity contribution < 1.29 is 9.63 Å². The lowest BCUT2D eigenvalue weighted by Gasteiger charge is -2.42. The average molecular weight is 518 g/mol. The van der Waals surface area contributed by atoms with Gasteiger partial charge in [-0.25, -0.2) is 0 Å². The molecular weight excluding hydrogens is 462 g/mol. The smallest absolute Gasteiger partial charge is 0.222 e. The van der Waals surface area contributed by atoms with E-state index in [1.54, 1.807) is 0 Å². The van der Waals surface area contributed by atoms with Crippen LogP contribution < -0.4 is 16.1 Å². The van der Waals surface area contributed by atoms with Gasteiger partial charge in [0.15, 0.2) is 0 Å². The lowest BCUT2D eigenvalue weighted by Crippen LogP contribution is -2.57. The van der Waals surface area contributed by atoms with Gasteiger partial charge in [0.1, 0.15) is 0 Å². The second-order valence-corrected chi connectivity index (χ2v) is 14.0. The SMILES string of the molecule is CC(C)(C)C1CCC(C2CC(C[C@@H]3CNCC[C@H]3CC(=O)N3CCN(C4CCCCN4)CC3)NO2)CC1. The predicted molar refractivity (Wildman–Crippen MR) is 149 cm³/mol. The zero-order valence-electron chi connectivity index (χ0n) is 24.0. The summed E-state index contributed by atoms with van der Waals surface area (Å²) in [5.41, 5.74) is 3.86. The standard InChI is InChI=1S/C30H55N5O2/c1-30(2,3)25-9-7-22(8-10-25)27-20-26(33-37-27)18-24-21-31-13-11-23(24)19-29(36)35-16-14-34(15-17-35)28-6-4-5-12-32-28/h22-28,31-33H,4-21H2,1-3H3/t22?,23-,24+,25?,26?,27?,28?/m0/s1. The zero-order chi connectivity index (χ0) is 25.8. The maximum Gasteiger partial charge on any atom is 0.222 e. The van der Waals surface area contributed by atoms with Crippen molar-refractivity contribution in [2.75, 3.05) is 45.8 Å². The van der Waals surface area contributed by atoms with Gasteiger partial charge in [0.2, 0.25) is 5.91 Å². The van der Waals surface area contributed by atoms with Crippen molar-refractivity contribution in [3.63, 3.8) is 0 Å². The lowest BCUT2D eigenvalue weighted by atomic mass is 9.68. The van der Waals surface area contributed by atoms with Gasteiger partial charge in [-0.1, -0.05) is 20.8 Å². The van der Waals surface area contributed by atoms with E-state index in [0.717, 1.165) is 77.4 Å². The fraction of sp³-hybridized carbons (Fsp3) is 0.967. The summed E-state index contributed by atoms with van der Waals surface area (Å²) in [4.78, 5) is 24.2. The Balaban J connectivity index is 1.05. The van der Waals surface area contributed by atoms with Crippen molar-refractivity contribution in [2.24, 2.45) is 29.1 Å². The first-order valence-electron chi connectivity index (χ1n) is 15.7. The molecule has 1 saturated carbocycles. The maximum absolute atomic E-state index is 13.3. The van der Waals surface area contributed by atoms with Crippen LogP contribution in [-0.4, -0.2) is 79.8 Å². The summed E-state index contributed by atoms with van der Waals surface area (Å²) in [6, 6.07) is 0.430. The van der Waals surface area contributed by atoms with Gasteiger partial charge in [0.25, 0.3) is 0 Å². The molecule has 3 unspecified atom stereocenters. The Hall–Kier alpha value is -0.730. The van der Waals surface area contributed by atoms with E-state index >= 15 is 0 Å². The molecule has 37 heavy (non-hydrogen) atoms. The van der Waals surface area contributed by atoms with Crippen LogP contribution in [0.25, 0.3) is 0 Å². The third-order valence-corrected chi connectivity index (χ3v) is 10.6. The van der Waals surface area contributed by atoms with Crippen molar-refractivity contribution in [2.45, 2.75) is 110 Å². The highest BCUT2D eigenvalue weighted by molar-refractivity contribution is 5.76. The van der Waals surface area contributed by atoms with Crippen LogP contribution >= 0.6 is 0 Å². The number of hydroxylamine groups is 1. The Morgan fingerprint density at radius 3 is 2.41 bits per heavy atom. The second-order valence-electron chi connectivity index (χ2n) is 14.0. The van der Waals surface area contributed by atoms with Crippen LogP contribution in [-0.2, 0) is 9.63 Å². The molecule has 7 nitrogen and oxygen atoms in total. The molecule has 5 fully saturated rings. The molecule has 1 amide bonds. The largest absolute Gasteiger partial charge is 0.340 e. The summed E-state index contributed by atoms with van der Waals surface area (Å²) < 4.78 is 0. The summed E-state index contributed by atoms with van der Waals surface area (Å²) in [5, 5.41) is 7.29. The van der Waals surface area contributed by atoms with E-state index in [0.29, 0.717) is 47.4 Å². The number of hydrogen-bond acceptors (Lipinski definition) is 6. The van der Waals surface area contributed by atoms with Crippen LogP contribution in [0.4, 0.5) is 0 Å². The Morgan fingerprint density at radius 2 is 1.70 bits per heavy atom. The van der Waals surface area contributed by atoms with Crippen LogP contribution in [0.1, 0.15) is 91.4 Å². The molecule has 7 heteroatoms. The molecule has 212 valence electrons. The van der Waals surface area contributed by atoms with Gasteiger partial charge in [0, 0.05) is 38.6 Å². The number of carbonyl (C=O) groups excluding carboxylic acids is 1. The quantitative estimate of drug-likeness (QED) is 0.499. The van der Waals surface area contributed by atoms with Crippen molar-refractivity contribution in [1.82, 2.24) is 25.9 Å². The van der Waals surface area contributed by atoms with Crippen LogP contribution in [0, 0.1) is 29.1 Å². The number of nitrogens with zero attached hydrogens (tertiary/aromatic N) is 2. The highest BCUT2D eigenvalue weighted by atomic mass is 16.7. The molecule has 4 saturated heterocycles. The monoisotopic (exact) mass is 517 g/mol. The number of piperidine rings is 2. The molecule has 0 aromatic heterocycles. The molecule has 3 N–H and O–H groups in total. The van der Waals surface area contributed by atoms with E-state index in [9.17, 15) is 4.79 Å². The molecule has 4 heterocycles. The first-order chi connectivity index (χ1) is 17.9. The average Bonchev–Trinajstić information content (AvgIpc) is 3.38. The number of rotatable bonds is 6. The number of carbonyl (C=O) groups is 1. The second kappa shape index (κ2) is 12.6. The van der Waals surface area contributed by atoms with Crippen LogP contribution in [0.15, 0.2) is 0 Å². The fourth-order valence-electron chi connectivity index (χ4n) is 8.02. The summed E-state index contributed by atoms with van der Waals surface area (Å²) in [6.07, 6.45) is 14.2. The number of piperazine rings is 1. The molecule has 0 aromatic rings. The molecule has 5 atom stereocenters. The van der Waals surface area contributed by atoms with Crippen LogP contribution in [0.5, 0.6) is 0 Å². The van der Waals surface area contributed by atoms with Crippen LogP contribution in [0.2, 0.25) is 0 Å². The highest BCUT2D eigenvalue weighted by Crippen LogP contribution is 2.42. The van der Waals surface area contributed by atoms with Gasteiger partial charge in [-0.2, -0.15) is 5.48 Å². The van der Waals surface area contributed by atoms with Crippen molar-refractivity contribution in [3.8, 4) is 0 Å². The Morgan fingerprint density at radius 1 is 0.919 bits per heavy atom. The van der Waals surface area contributed by atoms with E-state index < -0.39 is 0 Å². The van der Waals surface area contributed by atoms with E-state index in [1.165, 1.54) is 44.9 Å².